The third kappa shape index (κ3) is 6.32. The number of hydrogen-bond acceptors (Lipinski definition) is 5. The minimum absolute atomic E-state index is 0.0809. The van der Waals surface area contributed by atoms with Gasteiger partial charge in [0.15, 0.2) is 0 Å². The van der Waals surface area contributed by atoms with E-state index >= 15 is 0 Å². The summed E-state index contributed by atoms with van der Waals surface area (Å²) in [6, 6.07) is 18.1. The Balaban J connectivity index is 1.46. The van der Waals surface area contributed by atoms with Gasteiger partial charge in [0.05, 0.1) is 37.1 Å². The number of hydrogen-bond donors (Lipinski definition) is 3. The quantitative estimate of drug-likeness (QED) is 0.307. The van der Waals surface area contributed by atoms with E-state index in [9.17, 15) is 19.5 Å². The number of benzene rings is 3. The van der Waals surface area contributed by atoms with Gasteiger partial charge >= 0.3 is 0 Å². The van der Waals surface area contributed by atoms with Crippen molar-refractivity contribution in [1.29, 1.82) is 0 Å². The number of nitrogens with zero attached hydrogens (tertiary/aromatic N) is 1. The van der Waals surface area contributed by atoms with E-state index < -0.39 is 30.0 Å². The van der Waals surface area contributed by atoms with E-state index in [2.05, 4.69) is 10.8 Å². The molecule has 3 N–H and O–H groups in total. The number of carbonyl (C=O) groups excluding carboxylic acids is 3. The molecule has 1 fully saturated rings. The Morgan fingerprint density at radius 1 is 0.976 bits per heavy atom. The van der Waals surface area contributed by atoms with Crippen molar-refractivity contribution in [1.82, 2.24) is 15.7 Å². The molecule has 2 aliphatic rings. The molecule has 1 aliphatic carbocycles. The van der Waals surface area contributed by atoms with E-state index in [1.807, 2.05) is 24.3 Å². The molecule has 3 aromatic rings. The highest BCUT2D eigenvalue weighted by Crippen LogP contribution is 2.47. The van der Waals surface area contributed by atoms with Gasteiger partial charge in [-0.2, -0.15) is 0 Å². The third-order valence-corrected chi connectivity index (χ3v) is 8.63. The molecule has 0 aromatic heterocycles. The molecule has 3 aromatic carbocycles. The number of hydroxylamine groups is 1. The predicted octanol–water partition coefficient (Wildman–Crippen LogP) is 5.11. The molecule has 10 heteroatoms. The first kappa shape index (κ1) is 30.0. The van der Waals surface area contributed by atoms with Gasteiger partial charge in [-0.05, 0) is 53.3 Å². The second-order valence-corrected chi connectivity index (χ2v) is 11.6. The van der Waals surface area contributed by atoms with E-state index in [0.717, 1.165) is 24.0 Å². The Morgan fingerprint density at radius 2 is 1.69 bits per heavy atom. The Kier molecular flexibility index (Phi) is 9.48. The van der Waals surface area contributed by atoms with E-state index in [-0.39, 0.29) is 24.8 Å². The SMILES string of the molecule is CNC(=O)Cc1ccc(CONC(=O)[C@@H]2c3ccccc3C(=O)N([C@H]3CCCC[C@@H]3O)[C@H]2c2ccc(Cl)cc2Cl)cc1. The van der Waals surface area contributed by atoms with Crippen molar-refractivity contribution < 1.29 is 24.3 Å². The van der Waals surface area contributed by atoms with Crippen LogP contribution in [0.3, 0.4) is 0 Å². The molecule has 1 saturated carbocycles. The predicted molar refractivity (Wildman–Crippen MR) is 160 cm³/mol. The molecule has 4 atom stereocenters. The van der Waals surface area contributed by atoms with Crippen molar-refractivity contribution in [3.05, 3.63) is 105 Å². The summed E-state index contributed by atoms with van der Waals surface area (Å²) in [6.45, 7) is 0.0940. The lowest BCUT2D eigenvalue weighted by Crippen LogP contribution is -2.55. The average molecular weight is 611 g/mol. The molecule has 0 unspecified atom stereocenters. The number of aliphatic hydroxyl groups excluding tert-OH is 1. The van der Waals surface area contributed by atoms with Crippen LogP contribution in [-0.4, -0.2) is 46.9 Å². The maximum absolute atomic E-state index is 14.1. The van der Waals surface area contributed by atoms with Crippen LogP contribution in [0.4, 0.5) is 0 Å². The maximum Gasteiger partial charge on any atom is 0.255 e. The van der Waals surface area contributed by atoms with Crippen LogP contribution in [0.5, 0.6) is 0 Å². The normalized spacial score (nSPS) is 21.9. The van der Waals surface area contributed by atoms with Gasteiger partial charge in [-0.1, -0.05) is 84.6 Å². The van der Waals surface area contributed by atoms with Crippen LogP contribution in [-0.2, 0) is 27.5 Å². The van der Waals surface area contributed by atoms with Gasteiger partial charge in [0, 0.05) is 22.7 Å². The Morgan fingerprint density at radius 3 is 2.40 bits per heavy atom. The van der Waals surface area contributed by atoms with Crippen molar-refractivity contribution in [3.8, 4) is 0 Å². The fraction of sp³-hybridized carbons (Fsp3) is 0.344. The minimum atomic E-state index is -0.873. The summed E-state index contributed by atoms with van der Waals surface area (Å²) in [7, 11) is 1.59. The van der Waals surface area contributed by atoms with Gasteiger partial charge in [0.2, 0.25) is 5.91 Å². The van der Waals surface area contributed by atoms with E-state index in [1.165, 1.54) is 0 Å². The number of carbonyl (C=O) groups is 3. The van der Waals surface area contributed by atoms with Gasteiger partial charge in [-0.25, -0.2) is 5.48 Å². The molecule has 1 heterocycles. The van der Waals surface area contributed by atoms with Gasteiger partial charge in [0.1, 0.15) is 0 Å². The minimum Gasteiger partial charge on any atom is -0.391 e. The topological polar surface area (TPSA) is 108 Å². The number of nitrogens with one attached hydrogen (secondary N) is 2. The van der Waals surface area contributed by atoms with Crippen molar-refractivity contribution in [2.24, 2.45) is 0 Å². The lowest BCUT2D eigenvalue weighted by Gasteiger charge is -2.48. The maximum atomic E-state index is 14.1. The zero-order valence-electron chi connectivity index (χ0n) is 23.2. The van der Waals surface area contributed by atoms with Gasteiger partial charge in [-0.15, -0.1) is 0 Å². The van der Waals surface area contributed by atoms with E-state index in [0.29, 0.717) is 39.6 Å². The molecule has 42 heavy (non-hydrogen) atoms. The molecule has 3 amide bonds. The summed E-state index contributed by atoms with van der Waals surface area (Å²) in [6.07, 6.45) is 2.45. The first-order chi connectivity index (χ1) is 20.3. The fourth-order valence-electron chi connectivity index (χ4n) is 5.97. The summed E-state index contributed by atoms with van der Waals surface area (Å²) < 4.78 is 0. The number of halogens is 2. The molecule has 1 aliphatic heterocycles. The van der Waals surface area contributed by atoms with Crippen LogP contribution in [0.15, 0.2) is 66.7 Å². The smallest absolute Gasteiger partial charge is 0.255 e. The summed E-state index contributed by atoms with van der Waals surface area (Å²) in [4.78, 5) is 47.0. The van der Waals surface area contributed by atoms with Crippen molar-refractivity contribution in [2.75, 3.05) is 7.05 Å². The highest BCUT2D eigenvalue weighted by Gasteiger charge is 2.49. The summed E-state index contributed by atoms with van der Waals surface area (Å²) in [5, 5.41) is 14.4. The van der Waals surface area contributed by atoms with E-state index in [1.54, 1.807) is 54.4 Å². The Bertz CT molecular complexity index is 1460. The third-order valence-electron chi connectivity index (χ3n) is 8.07. The zero-order chi connectivity index (χ0) is 29.8. The fourth-order valence-corrected chi connectivity index (χ4v) is 6.49. The van der Waals surface area contributed by atoms with Crippen LogP contribution in [0, 0.1) is 0 Å². The van der Waals surface area contributed by atoms with Gasteiger partial charge in [-0.3, -0.25) is 19.2 Å². The standard InChI is InChI=1S/C32H33Cl2N3O5/c1-35-28(39)16-19-10-12-20(13-11-19)18-42-36-31(40)29-22-6-2-3-7-23(22)32(41)37(26-8-4-5-9-27(26)38)30(29)24-15-14-21(33)17-25(24)34/h2-3,6-7,10-15,17,26-27,29-30,38H,4-5,8-9,16,18H2,1H3,(H,35,39)(H,36,40)/t26-,27-,29+,30-/m0/s1. The molecule has 0 saturated heterocycles. The zero-order valence-corrected chi connectivity index (χ0v) is 24.7. The Labute approximate surface area is 254 Å². The molecular formula is C32H33Cl2N3O5. The number of rotatable bonds is 8. The van der Waals surface area contributed by atoms with Gasteiger partial charge in [0.25, 0.3) is 11.8 Å². The first-order valence-electron chi connectivity index (χ1n) is 14.0. The molecular weight excluding hydrogens is 577 g/mol. The summed E-state index contributed by atoms with van der Waals surface area (Å²) in [5.74, 6) is -1.66. The average Bonchev–Trinajstić information content (AvgIpc) is 2.98. The van der Waals surface area contributed by atoms with Crippen molar-refractivity contribution >= 4 is 40.9 Å². The van der Waals surface area contributed by atoms with Gasteiger partial charge < -0.3 is 15.3 Å². The van der Waals surface area contributed by atoms with Crippen LogP contribution in [0.1, 0.15) is 70.3 Å². The molecule has 0 spiro atoms. The molecule has 8 nitrogen and oxygen atoms in total. The largest absolute Gasteiger partial charge is 0.391 e. The first-order valence-corrected chi connectivity index (χ1v) is 14.8. The number of fused-ring (bicyclic) bond motifs is 1. The molecule has 220 valence electrons. The highest BCUT2D eigenvalue weighted by molar-refractivity contribution is 6.35. The molecule has 0 bridgehead atoms. The van der Waals surface area contributed by atoms with Crippen LogP contribution >= 0.6 is 23.2 Å². The Hall–Kier alpha value is -3.43. The lowest BCUT2D eigenvalue weighted by atomic mass is 9.77. The van der Waals surface area contributed by atoms with Crippen LogP contribution in [0.2, 0.25) is 10.0 Å². The second kappa shape index (κ2) is 13.3. The number of aliphatic hydroxyl groups is 1. The van der Waals surface area contributed by atoms with Crippen molar-refractivity contribution in [2.45, 2.75) is 62.8 Å². The van der Waals surface area contributed by atoms with Crippen molar-refractivity contribution in [3.63, 3.8) is 0 Å². The summed E-state index contributed by atoms with van der Waals surface area (Å²) in [5.41, 5.74) is 5.79. The molecule has 5 rings (SSSR count). The number of amides is 3. The molecule has 0 radical (unpaired) electrons. The van der Waals surface area contributed by atoms with E-state index in [4.69, 9.17) is 28.0 Å². The lowest BCUT2D eigenvalue weighted by molar-refractivity contribution is -0.138. The summed E-state index contributed by atoms with van der Waals surface area (Å²) >= 11 is 12.9. The highest BCUT2D eigenvalue weighted by atomic mass is 35.5. The number of likely N-dealkylation sites (N-methyl/N-ethyl adjacent to an activating group) is 1. The van der Waals surface area contributed by atoms with Crippen LogP contribution in [0.25, 0.3) is 0 Å². The van der Waals surface area contributed by atoms with Crippen LogP contribution < -0.4 is 10.8 Å². The second-order valence-electron chi connectivity index (χ2n) is 10.7. The monoisotopic (exact) mass is 609 g/mol.